The number of aliphatic hydroxyl groups is 1. The molecule has 1 fully saturated rings. The van der Waals surface area contributed by atoms with E-state index in [0.717, 1.165) is 27.4 Å². The molecule has 10 nitrogen and oxygen atoms in total. The number of nitrogens with zero attached hydrogens (tertiary/aromatic N) is 5. The molecular weight excluding hydrogens is 516 g/mol. The molecule has 0 saturated carbocycles. The summed E-state index contributed by atoms with van der Waals surface area (Å²) >= 11 is 1.54. The summed E-state index contributed by atoms with van der Waals surface area (Å²) in [5.41, 5.74) is 4.24. The molecule has 2 aromatic heterocycles. The highest BCUT2D eigenvalue weighted by atomic mass is 32.2. The predicted octanol–water partition coefficient (Wildman–Crippen LogP) is 3.61. The third-order valence-corrected chi connectivity index (χ3v) is 7.81. The first-order valence-electron chi connectivity index (χ1n) is 12.6. The van der Waals surface area contributed by atoms with Gasteiger partial charge in [0.05, 0.1) is 24.4 Å². The number of rotatable bonds is 9. The van der Waals surface area contributed by atoms with E-state index in [4.69, 9.17) is 9.47 Å². The third-order valence-electron chi connectivity index (χ3n) is 6.71. The van der Waals surface area contributed by atoms with Gasteiger partial charge in [0.15, 0.2) is 6.29 Å². The molecule has 1 aliphatic heterocycles. The lowest BCUT2D eigenvalue weighted by atomic mass is 9.91. The van der Waals surface area contributed by atoms with Crippen LogP contribution >= 0.6 is 11.8 Å². The first kappa shape index (κ1) is 26.9. The summed E-state index contributed by atoms with van der Waals surface area (Å²) in [6.45, 7) is 2.50. The molecule has 2 aromatic carbocycles. The summed E-state index contributed by atoms with van der Waals surface area (Å²) < 4.78 is 14.6. The molecule has 4 atom stereocenters. The van der Waals surface area contributed by atoms with Crippen molar-refractivity contribution in [2.24, 2.45) is 13.0 Å². The number of carbonyl (C=O) groups excluding carboxylic acids is 1. The smallest absolute Gasteiger partial charge is 0.253 e. The van der Waals surface area contributed by atoms with Gasteiger partial charge in [0, 0.05) is 43.2 Å². The van der Waals surface area contributed by atoms with Crippen LogP contribution in [0.4, 0.5) is 0 Å². The van der Waals surface area contributed by atoms with E-state index >= 15 is 0 Å². The molecule has 2 N–H and O–H groups in total. The number of amides is 1. The number of thioether (sulfide) groups is 1. The van der Waals surface area contributed by atoms with Crippen LogP contribution < -0.4 is 5.32 Å². The van der Waals surface area contributed by atoms with Crippen molar-refractivity contribution in [3.05, 3.63) is 101 Å². The van der Waals surface area contributed by atoms with Crippen molar-refractivity contribution in [2.75, 3.05) is 5.75 Å². The number of pyridine rings is 1. The van der Waals surface area contributed by atoms with Crippen LogP contribution in [-0.2, 0) is 29.7 Å². The molecule has 4 aromatic rings. The van der Waals surface area contributed by atoms with Gasteiger partial charge in [0.25, 0.3) is 5.91 Å². The van der Waals surface area contributed by atoms with Crippen LogP contribution in [0.15, 0.2) is 78.2 Å². The van der Waals surface area contributed by atoms with E-state index in [1.54, 1.807) is 41.0 Å². The second-order valence-corrected chi connectivity index (χ2v) is 10.4. The van der Waals surface area contributed by atoms with Crippen molar-refractivity contribution < 1.29 is 19.4 Å². The molecule has 0 spiro atoms. The van der Waals surface area contributed by atoms with E-state index in [1.165, 1.54) is 0 Å². The first-order valence-corrected chi connectivity index (χ1v) is 13.6. The zero-order chi connectivity index (χ0) is 27.2. The SMILES string of the molecule is C[C@@H]1[C@H](CSc2nnnn2C)O[C@H](c2ccc(CNC(=O)c3cccnc3)cc2)O[C@@H]1c1ccc(CO)cc1. The van der Waals surface area contributed by atoms with Crippen LogP contribution in [0.3, 0.4) is 0 Å². The van der Waals surface area contributed by atoms with Gasteiger partial charge in [-0.05, 0) is 39.2 Å². The summed E-state index contributed by atoms with van der Waals surface area (Å²) in [6.07, 6.45) is 2.26. The number of benzene rings is 2. The Labute approximate surface area is 230 Å². The standard InChI is InChI=1S/C28H30N6O4S/c1-18-24(17-39-28-31-32-33-34(28)2)37-27(38-25(18)21-9-7-20(16-35)8-10-21)22-11-5-19(6-12-22)14-30-26(36)23-4-3-13-29-15-23/h3-13,15,18,24-25,27,35H,14,16-17H2,1-2H3,(H,30,36)/t18-,24+,25+,27+/m1/s1. The highest BCUT2D eigenvalue weighted by Gasteiger charge is 2.38. The van der Waals surface area contributed by atoms with Crippen molar-refractivity contribution in [2.45, 2.75) is 43.7 Å². The topological polar surface area (TPSA) is 124 Å². The third kappa shape index (κ3) is 6.51. The van der Waals surface area contributed by atoms with Gasteiger partial charge in [-0.15, -0.1) is 5.10 Å². The average Bonchev–Trinajstić information content (AvgIpc) is 3.40. The van der Waals surface area contributed by atoms with Gasteiger partial charge in [-0.25, -0.2) is 4.68 Å². The second kappa shape index (κ2) is 12.5. The summed E-state index contributed by atoms with van der Waals surface area (Å²) in [4.78, 5) is 16.3. The predicted molar refractivity (Wildman–Crippen MR) is 144 cm³/mol. The summed E-state index contributed by atoms with van der Waals surface area (Å²) in [7, 11) is 1.81. The second-order valence-electron chi connectivity index (χ2n) is 9.38. The Bertz CT molecular complexity index is 1370. The maximum absolute atomic E-state index is 12.4. The molecule has 1 aliphatic rings. The van der Waals surface area contributed by atoms with Gasteiger partial charge >= 0.3 is 0 Å². The van der Waals surface area contributed by atoms with Crippen LogP contribution in [0, 0.1) is 5.92 Å². The van der Waals surface area contributed by atoms with E-state index in [-0.39, 0.29) is 30.6 Å². The molecule has 0 bridgehead atoms. The molecule has 1 amide bonds. The first-order chi connectivity index (χ1) is 19.0. The average molecular weight is 547 g/mol. The summed E-state index contributed by atoms with van der Waals surface area (Å²) in [6, 6.07) is 19.2. The Balaban J connectivity index is 1.30. The van der Waals surface area contributed by atoms with Crippen molar-refractivity contribution >= 4 is 17.7 Å². The minimum absolute atomic E-state index is 0.00681. The molecule has 5 rings (SSSR count). The van der Waals surface area contributed by atoms with Crippen LogP contribution in [0.5, 0.6) is 0 Å². The van der Waals surface area contributed by atoms with E-state index in [1.807, 2.05) is 55.6 Å². The highest BCUT2D eigenvalue weighted by molar-refractivity contribution is 7.99. The number of aromatic nitrogens is 5. The zero-order valence-electron chi connectivity index (χ0n) is 21.7. The lowest BCUT2D eigenvalue weighted by Gasteiger charge is -2.41. The largest absolute Gasteiger partial charge is 0.392 e. The van der Waals surface area contributed by atoms with E-state index < -0.39 is 6.29 Å². The molecule has 0 unspecified atom stereocenters. The van der Waals surface area contributed by atoms with Crippen molar-refractivity contribution in [3.63, 3.8) is 0 Å². The lowest BCUT2D eigenvalue weighted by molar-refractivity contribution is -0.268. The molecule has 0 aliphatic carbocycles. The Kier molecular flexibility index (Phi) is 8.62. The Morgan fingerprint density at radius 2 is 1.79 bits per heavy atom. The van der Waals surface area contributed by atoms with E-state index in [2.05, 4.69) is 32.7 Å². The van der Waals surface area contributed by atoms with Crippen molar-refractivity contribution in [3.8, 4) is 0 Å². The van der Waals surface area contributed by atoms with E-state index in [0.29, 0.717) is 17.9 Å². The number of hydrogen-bond donors (Lipinski definition) is 2. The van der Waals surface area contributed by atoms with Gasteiger partial charge in [0.1, 0.15) is 0 Å². The van der Waals surface area contributed by atoms with Crippen LogP contribution in [0.25, 0.3) is 0 Å². The number of carbonyl (C=O) groups is 1. The highest BCUT2D eigenvalue weighted by Crippen LogP contribution is 2.42. The Morgan fingerprint density at radius 3 is 2.46 bits per heavy atom. The van der Waals surface area contributed by atoms with Crippen LogP contribution in [-0.4, -0.2) is 48.1 Å². The fourth-order valence-electron chi connectivity index (χ4n) is 4.38. The molecular formula is C28H30N6O4S. The number of hydrogen-bond acceptors (Lipinski definition) is 9. The fourth-order valence-corrected chi connectivity index (χ4v) is 5.40. The molecule has 3 heterocycles. The molecule has 0 radical (unpaired) electrons. The number of aliphatic hydroxyl groups excluding tert-OH is 1. The van der Waals surface area contributed by atoms with Crippen LogP contribution in [0.2, 0.25) is 0 Å². The minimum Gasteiger partial charge on any atom is -0.392 e. The monoisotopic (exact) mass is 546 g/mol. The van der Waals surface area contributed by atoms with Crippen molar-refractivity contribution in [1.82, 2.24) is 30.5 Å². The van der Waals surface area contributed by atoms with Gasteiger partial charge in [-0.2, -0.15) is 0 Å². The number of aryl methyl sites for hydroxylation is 1. The quantitative estimate of drug-likeness (QED) is 0.303. The molecule has 39 heavy (non-hydrogen) atoms. The molecule has 11 heteroatoms. The molecule has 1 saturated heterocycles. The normalized spacial score (nSPS) is 21.0. The minimum atomic E-state index is -0.578. The van der Waals surface area contributed by atoms with Gasteiger partial charge < -0.3 is 19.9 Å². The Hall–Kier alpha value is -3.64. The maximum Gasteiger partial charge on any atom is 0.253 e. The Morgan fingerprint density at radius 1 is 1.05 bits per heavy atom. The van der Waals surface area contributed by atoms with Gasteiger partial charge in [-0.1, -0.05) is 67.2 Å². The number of nitrogens with one attached hydrogen (secondary N) is 1. The number of ether oxygens (including phenoxy) is 2. The maximum atomic E-state index is 12.4. The van der Waals surface area contributed by atoms with Gasteiger partial charge in [0.2, 0.25) is 5.16 Å². The summed E-state index contributed by atoms with van der Waals surface area (Å²) in [5.74, 6) is 0.532. The fraction of sp³-hybridized carbons (Fsp3) is 0.321. The van der Waals surface area contributed by atoms with Crippen molar-refractivity contribution in [1.29, 1.82) is 0 Å². The number of tetrazole rings is 1. The van der Waals surface area contributed by atoms with Gasteiger partial charge in [-0.3, -0.25) is 9.78 Å². The lowest BCUT2D eigenvalue weighted by Crippen LogP contribution is -2.38. The summed E-state index contributed by atoms with van der Waals surface area (Å²) in [5, 5.41) is 24.8. The molecule has 202 valence electrons. The van der Waals surface area contributed by atoms with Crippen LogP contribution in [0.1, 0.15) is 51.9 Å². The van der Waals surface area contributed by atoms with E-state index in [9.17, 15) is 9.90 Å². The zero-order valence-corrected chi connectivity index (χ0v) is 22.5.